The predicted molar refractivity (Wildman–Crippen MR) is 53.6 cm³/mol. The van der Waals surface area contributed by atoms with Gasteiger partial charge in [-0.1, -0.05) is 23.9 Å². The van der Waals surface area contributed by atoms with E-state index in [0.29, 0.717) is 0 Å². The van der Waals surface area contributed by atoms with Gasteiger partial charge in [-0.05, 0) is 24.3 Å². The lowest BCUT2D eigenvalue weighted by Crippen LogP contribution is -1.93. The zero-order valence-corrected chi connectivity index (χ0v) is 8.02. The highest BCUT2D eigenvalue weighted by Crippen LogP contribution is 2.45. The number of fused-ring (bicyclic) bond motifs is 2. The fraction of sp³-hybridized carbons (Fsp3) is 0. The van der Waals surface area contributed by atoms with E-state index in [4.69, 9.17) is 4.74 Å². The van der Waals surface area contributed by atoms with E-state index >= 15 is 0 Å². The summed E-state index contributed by atoms with van der Waals surface area (Å²) >= 11 is 1.65. The van der Waals surface area contributed by atoms with Crippen molar-refractivity contribution in [2.75, 3.05) is 0 Å². The van der Waals surface area contributed by atoms with E-state index in [1.165, 1.54) is 0 Å². The Hall–Kier alpha value is -1.41. The standard InChI is InChI=1S/C12H5OS/c1-3-7-11-9(5-1)13-10-6-2-4-8-12(10)14-11/h1,3,5-7H. The van der Waals surface area contributed by atoms with E-state index in [0.717, 1.165) is 21.3 Å². The molecule has 1 heterocycles. The van der Waals surface area contributed by atoms with Crippen molar-refractivity contribution in [1.29, 1.82) is 0 Å². The molecular formula is C12H5OS. The molecule has 0 spiro atoms. The molecule has 0 amide bonds. The molecule has 0 saturated carbocycles. The SMILES string of the molecule is [c]1[c]cc2c([c]1)Sc1ccccc1O2. The molecule has 0 atom stereocenters. The van der Waals surface area contributed by atoms with Gasteiger partial charge >= 0.3 is 0 Å². The fourth-order valence-corrected chi connectivity index (χ4v) is 2.20. The van der Waals surface area contributed by atoms with Crippen molar-refractivity contribution in [1.82, 2.24) is 0 Å². The van der Waals surface area contributed by atoms with Crippen LogP contribution in [-0.2, 0) is 0 Å². The number of ether oxygens (including phenoxy) is 1. The van der Waals surface area contributed by atoms with E-state index in [2.05, 4.69) is 18.2 Å². The number of hydrogen-bond donors (Lipinski definition) is 0. The zero-order chi connectivity index (χ0) is 9.38. The summed E-state index contributed by atoms with van der Waals surface area (Å²) in [7, 11) is 0. The molecule has 2 aromatic carbocycles. The van der Waals surface area contributed by atoms with E-state index in [1.54, 1.807) is 17.8 Å². The highest BCUT2D eigenvalue weighted by molar-refractivity contribution is 7.99. The van der Waals surface area contributed by atoms with Crippen molar-refractivity contribution < 1.29 is 4.74 Å². The smallest absolute Gasteiger partial charge is 0.142 e. The van der Waals surface area contributed by atoms with Crippen LogP contribution in [0.5, 0.6) is 11.5 Å². The van der Waals surface area contributed by atoms with Crippen LogP contribution in [-0.4, -0.2) is 0 Å². The van der Waals surface area contributed by atoms with E-state index in [1.807, 2.05) is 24.3 Å². The maximum Gasteiger partial charge on any atom is 0.142 e. The molecule has 0 bridgehead atoms. The van der Waals surface area contributed by atoms with Gasteiger partial charge in [-0.2, -0.15) is 0 Å². The Morgan fingerprint density at radius 2 is 2.07 bits per heavy atom. The Morgan fingerprint density at radius 3 is 3.07 bits per heavy atom. The van der Waals surface area contributed by atoms with E-state index in [9.17, 15) is 0 Å². The molecule has 2 heteroatoms. The van der Waals surface area contributed by atoms with Crippen molar-refractivity contribution >= 4 is 11.8 Å². The fourth-order valence-electron chi connectivity index (χ4n) is 1.32. The second-order valence-corrected chi connectivity index (χ2v) is 3.94. The van der Waals surface area contributed by atoms with Crippen molar-refractivity contribution in [3.05, 3.63) is 48.5 Å². The Bertz CT molecular complexity index is 392. The molecular weight excluding hydrogens is 192 g/mol. The minimum absolute atomic E-state index is 0.812. The highest BCUT2D eigenvalue weighted by atomic mass is 32.2. The van der Waals surface area contributed by atoms with Gasteiger partial charge in [0.15, 0.2) is 0 Å². The van der Waals surface area contributed by atoms with Crippen LogP contribution in [0, 0.1) is 18.2 Å². The zero-order valence-electron chi connectivity index (χ0n) is 7.20. The first-order valence-corrected chi connectivity index (χ1v) is 5.04. The largest absolute Gasteiger partial charge is 0.455 e. The normalized spacial score (nSPS) is 12.6. The average molecular weight is 197 g/mol. The lowest BCUT2D eigenvalue weighted by Gasteiger charge is -2.18. The summed E-state index contributed by atoms with van der Waals surface area (Å²) in [6.07, 6.45) is 0. The molecule has 0 unspecified atom stereocenters. The number of hydrogen-bond acceptors (Lipinski definition) is 2. The van der Waals surface area contributed by atoms with Crippen LogP contribution in [0.25, 0.3) is 0 Å². The first kappa shape index (κ1) is 7.94. The number of para-hydroxylation sites is 1. The second-order valence-electron chi connectivity index (χ2n) is 2.88. The summed E-state index contributed by atoms with van der Waals surface area (Å²) in [5.41, 5.74) is 0. The molecule has 0 aliphatic carbocycles. The van der Waals surface area contributed by atoms with Gasteiger partial charge in [0, 0.05) is 12.1 Å². The second kappa shape index (κ2) is 3.07. The maximum absolute atomic E-state index is 5.67. The van der Waals surface area contributed by atoms with Crippen molar-refractivity contribution in [2.24, 2.45) is 0 Å². The third-order valence-electron chi connectivity index (χ3n) is 1.96. The van der Waals surface area contributed by atoms with Crippen LogP contribution in [0.2, 0.25) is 0 Å². The Morgan fingerprint density at radius 1 is 1.14 bits per heavy atom. The van der Waals surface area contributed by atoms with Gasteiger partial charge in [-0.3, -0.25) is 0 Å². The molecule has 3 rings (SSSR count). The number of rotatable bonds is 0. The van der Waals surface area contributed by atoms with Crippen LogP contribution in [0.4, 0.5) is 0 Å². The Kier molecular flexibility index (Phi) is 1.74. The van der Waals surface area contributed by atoms with Gasteiger partial charge < -0.3 is 4.74 Å². The van der Waals surface area contributed by atoms with Gasteiger partial charge in [-0.15, -0.1) is 0 Å². The van der Waals surface area contributed by atoms with Gasteiger partial charge in [0.2, 0.25) is 0 Å². The minimum Gasteiger partial charge on any atom is -0.455 e. The molecule has 2 aromatic rings. The summed E-state index contributed by atoms with van der Waals surface area (Å²) in [6.45, 7) is 0. The first-order chi connectivity index (χ1) is 6.93. The van der Waals surface area contributed by atoms with Gasteiger partial charge in [0.25, 0.3) is 0 Å². The van der Waals surface area contributed by atoms with Gasteiger partial charge in [0.05, 0.1) is 9.79 Å². The molecule has 1 aliphatic rings. The summed E-state index contributed by atoms with van der Waals surface area (Å²) in [4.78, 5) is 2.10. The Balaban J connectivity index is 2.12. The lowest BCUT2D eigenvalue weighted by molar-refractivity contribution is 0.454. The third-order valence-corrected chi connectivity index (χ3v) is 3.02. The highest BCUT2D eigenvalue weighted by Gasteiger charge is 2.16. The topological polar surface area (TPSA) is 9.23 Å². The monoisotopic (exact) mass is 197 g/mol. The summed E-state index contributed by atoms with van der Waals surface area (Å²) < 4.78 is 5.67. The number of benzene rings is 2. The van der Waals surface area contributed by atoms with Crippen LogP contribution >= 0.6 is 11.8 Å². The Labute approximate surface area is 86.7 Å². The molecule has 0 N–H and O–H groups in total. The summed E-state index contributed by atoms with van der Waals surface area (Å²) in [6, 6.07) is 18.4. The van der Waals surface area contributed by atoms with Crippen molar-refractivity contribution in [3.63, 3.8) is 0 Å². The maximum atomic E-state index is 5.67. The summed E-state index contributed by atoms with van der Waals surface area (Å²) in [5, 5.41) is 0. The van der Waals surface area contributed by atoms with Crippen molar-refractivity contribution in [3.8, 4) is 11.5 Å². The van der Waals surface area contributed by atoms with Gasteiger partial charge in [0.1, 0.15) is 11.5 Å². The molecule has 3 radical (unpaired) electrons. The van der Waals surface area contributed by atoms with Gasteiger partial charge in [-0.25, -0.2) is 0 Å². The average Bonchev–Trinajstić information content (AvgIpc) is 2.26. The van der Waals surface area contributed by atoms with E-state index < -0.39 is 0 Å². The van der Waals surface area contributed by atoms with Crippen LogP contribution < -0.4 is 4.74 Å². The van der Waals surface area contributed by atoms with E-state index in [-0.39, 0.29) is 0 Å². The first-order valence-electron chi connectivity index (χ1n) is 4.22. The quantitative estimate of drug-likeness (QED) is 0.546. The molecule has 65 valence electrons. The molecule has 1 nitrogen and oxygen atoms in total. The summed E-state index contributed by atoms with van der Waals surface area (Å²) in [5.74, 6) is 1.71. The van der Waals surface area contributed by atoms with Crippen molar-refractivity contribution in [2.45, 2.75) is 9.79 Å². The molecule has 0 fully saturated rings. The molecule has 0 saturated heterocycles. The molecule has 14 heavy (non-hydrogen) atoms. The van der Waals surface area contributed by atoms with Crippen LogP contribution in [0.15, 0.2) is 40.1 Å². The van der Waals surface area contributed by atoms with Crippen LogP contribution in [0.1, 0.15) is 0 Å². The predicted octanol–water partition coefficient (Wildman–Crippen LogP) is 3.34. The molecule has 1 aliphatic heterocycles. The third kappa shape index (κ3) is 1.19. The van der Waals surface area contributed by atoms with Crippen LogP contribution in [0.3, 0.4) is 0 Å². The molecule has 0 aromatic heterocycles. The lowest BCUT2D eigenvalue weighted by atomic mass is 10.3. The minimum atomic E-state index is 0.812.